The van der Waals surface area contributed by atoms with Gasteiger partial charge in [0.05, 0.1) is 0 Å². The smallest absolute Gasteiger partial charge is 0.264 e. The van der Waals surface area contributed by atoms with Gasteiger partial charge in [0.1, 0.15) is 11.2 Å². The maximum absolute atomic E-state index is 3.44. The summed E-state index contributed by atoms with van der Waals surface area (Å²) in [5.74, 6) is 0. The number of aromatic nitrogens is 1. The van der Waals surface area contributed by atoms with Crippen molar-refractivity contribution in [2.45, 2.75) is 20.4 Å². The van der Waals surface area contributed by atoms with Gasteiger partial charge in [0, 0.05) is 23.5 Å². The highest BCUT2D eigenvalue weighted by molar-refractivity contribution is 7.18. The van der Waals surface area contributed by atoms with E-state index in [1.807, 2.05) is 29.5 Å². The maximum Gasteiger partial charge on any atom is 0.264 e. The molecule has 0 bridgehead atoms. The van der Waals surface area contributed by atoms with Gasteiger partial charge in [-0.25, -0.2) is 0 Å². The maximum atomic E-state index is 3.44. The molecule has 114 valence electrons. The number of rotatable bonds is 4. The number of nitrogens with one attached hydrogen (secondary N) is 1. The summed E-state index contributed by atoms with van der Waals surface area (Å²) in [4.78, 5) is 0. The Labute approximate surface area is 152 Å². The Bertz CT molecular complexity index is 778. The minimum atomic E-state index is 0. The van der Waals surface area contributed by atoms with Crippen LogP contribution in [0, 0.1) is 0 Å². The van der Waals surface area contributed by atoms with Crippen LogP contribution < -0.4 is 33.9 Å². The number of aryl methyl sites for hydroxylation is 1. The van der Waals surface area contributed by atoms with Gasteiger partial charge in [-0.3, -0.25) is 0 Å². The zero-order valence-electron chi connectivity index (χ0n) is 12.7. The Balaban J connectivity index is 0.00000176. The fourth-order valence-electron chi connectivity index (χ4n) is 2.46. The molecule has 0 unspecified atom stereocenters. The molecule has 0 spiro atoms. The molecule has 3 rings (SSSR count). The van der Waals surface area contributed by atoms with Gasteiger partial charge in [-0.15, -0.1) is 0 Å². The highest BCUT2D eigenvalue weighted by Gasteiger charge is 2.16. The molecule has 0 amide bonds. The van der Waals surface area contributed by atoms with E-state index in [0.29, 0.717) is 0 Å². The first-order valence-electron chi connectivity index (χ1n) is 7.19. The fraction of sp³-hybridized carbons (Fsp3) is 0.167. The van der Waals surface area contributed by atoms with Crippen molar-refractivity contribution < 1.29 is 28.5 Å². The van der Waals surface area contributed by atoms with Gasteiger partial charge in [0.2, 0.25) is 5.52 Å². The molecule has 2 nitrogen and oxygen atoms in total. The zero-order chi connectivity index (χ0) is 14.7. The second kappa shape index (κ2) is 7.74. The van der Waals surface area contributed by atoms with Crippen LogP contribution in [-0.2, 0) is 6.54 Å². The standard InChI is InChI=1S/C18H18N2S.HI/c1-3-20-16-11-7-8-12-17(16)21-18(20)13-14(2)19-15-9-5-4-6-10-15;/h4-13H,3H2,1-2H3;1H. The highest BCUT2D eigenvalue weighted by Crippen LogP contribution is 2.22. The average Bonchev–Trinajstić information content (AvgIpc) is 2.85. The van der Waals surface area contributed by atoms with Crippen LogP contribution in [-0.4, -0.2) is 0 Å². The van der Waals surface area contributed by atoms with E-state index in [9.17, 15) is 0 Å². The van der Waals surface area contributed by atoms with Crippen molar-refractivity contribution in [3.05, 3.63) is 65.3 Å². The molecule has 0 saturated heterocycles. The lowest BCUT2D eigenvalue weighted by atomic mass is 10.3. The molecule has 2 aromatic carbocycles. The van der Waals surface area contributed by atoms with E-state index in [0.717, 1.165) is 17.9 Å². The van der Waals surface area contributed by atoms with E-state index in [1.165, 1.54) is 15.2 Å². The van der Waals surface area contributed by atoms with E-state index in [4.69, 9.17) is 0 Å². The number of anilines is 1. The SMILES string of the molecule is CC[n+]1c(/C=C(\C)Nc2ccccc2)sc2ccccc21.[I-]. The summed E-state index contributed by atoms with van der Waals surface area (Å²) in [6.45, 7) is 5.28. The second-order valence-corrected chi connectivity index (χ2v) is 6.03. The normalized spacial score (nSPS) is 11.3. The molecule has 0 aliphatic carbocycles. The number of para-hydroxylation sites is 2. The summed E-state index contributed by atoms with van der Waals surface area (Å²) in [5, 5.41) is 4.72. The minimum absolute atomic E-state index is 0. The number of fused-ring (bicyclic) bond motifs is 1. The number of benzene rings is 2. The van der Waals surface area contributed by atoms with Crippen molar-refractivity contribution in [2.24, 2.45) is 0 Å². The summed E-state index contributed by atoms with van der Waals surface area (Å²) in [6, 6.07) is 18.8. The Morgan fingerprint density at radius 3 is 2.50 bits per heavy atom. The number of thiazole rings is 1. The quantitative estimate of drug-likeness (QED) is 0.500. The van der Waals surface area contributed by atoms with E-state index in [2.05, 4.69) is 66.2 Å². The molecule has 0 atom stereocenters. The molecule has 1 N–H and O–H groups in total. The molecule has 0 saturated carbocycles. The van der Waals surface area contributed by atoms with Crippen molar-refractivity contribution in [2.75, 3.05) is 5.32 Å². The molecule has 1 heterocycles. The lowest BCUT2D eigenvalue weighted by molar-refractivity contribution is -0.665. The van der Waals surface area contributed by atoms with Gasteiger partial charge in [0.25, 0.3) is 5.01 Å². The summed E-state index contributed by atoms with van der Waals surface area (Å²) in [7, 11) is 0. The molecule has 3 aromatic rings. The molecular formula is C18H19IN2S. The molecule has 0 fully saturated rings. The monoisotopic (exact) mass is 422 g/mol. The van der Waals surface area contributed by atoms with Crippen LogP contribution in [0.1, 0.15) is 18.9 Å². The van der Waals surface area contributed by atoms with E-state index < -0.39 is 0 Å². The van der Waals surface area contributed by atoms with Crippen LogP contribution in [0.4, 0.5) is 5.69 Å². The summed E-state index contributed by atoms with van der Waals surface area (Å²) in [5.41, 5.74) is 3.58. The van der Waals surface area contributed by atoms with Gasteiger partial charge < -0.3 is 29.3 Å². The average molecular weight is 422 g/mol. The first-order chi connectivity index (χ1) is 10.3. The molecule has 0 aliphatic rings. The first-order valence-corrected chi connectivity index (χ1v) is 8.01. The minimum Gasteiger partial charge on any atom is -1.00 e. The third-order valence-corrected chi connectivity index (χ3v) is 4.52. The van der Waals surface area contributed by atoms with Gasteiger partial charge >= 0.3 is 0 Å². The van der Waals surface area contributed by atoms with Crippen LogP contribution >= 0.6 is 11.3 Å². The van der Waals surface area contributed by atoms with Gasteiger partial charge in [0.15, 0.2) is 0 Å². The van der Waals surface area contributed by atoms with E-state index in [1.54, 1.807) is 0 Å². The van der Waals surface area contributed by atoms with Crippen molar-refractivity contribution in [3.8, 4) is 0 Å². The third-order valence-electron chi connectivity index (χ3n) is 3.41. The number of halogens is 1. The number of nitrogens with zero attached hydrogens (tertiary/aromatic N) is 1. The third kappa shape index (κ3) is 3.67. The van der Waals surface area contributed by atoms with Crippen molar-refractivity contribution in [1.29, 1.82) is 0 Å². The molecule has 22 heavy (non-hydrogen) atoms. The summed E-state index contributed by atoms with van der Waals surface area (Å²) in [6.07, 6.45) is 2.22. The van der Waals surface area contributed by atoms with Gasteiger partial charge in [-0.2, -0.15) is 4.57 Å². The number of allylic oxidation sites excluding steroid dienone is 1. The van der Waals surface area contributed by atoms with Crippen LogP contribution in [0.2, 0.25) is 0 Å². The first kappa shape index (κ1) is 17.0. The Morgan fingerprint density at radius 2 is 1.77 bits per heavy atom. The largest absolute Gasteiger partial charge is 1.00 e. The van der Waals surface area contributed by atoms with Crippen molar-refractivity contribution in [3.63, 3.8) is 0 Å². The summed E-state index contributed by atoms with van der Waals surface area (Å²) >= 11 is 1.83. The molecular weight excluding hydrogens is 403 g/mol. The molecule has 0 radical (unpaired) electrons. The number of hydrogen-bond acceptors (Lipinski definition) is 2. The van der Waals surface area contributed by atoms with Crippen LogP contribution in [0.3, 0.4) is 0 Å². The van der Waals surface area contributed by atoms with Crippen LogP contribution in [0.15, 0.2) is 60.3 Å². The molecule has 1 aromatic heterocycles. The lowest BCUT2D eigenvalue weighted by Gasteiger charge is -2.04. The Hall–Kier alpha value is -1.40. The molecule has 0 aliphatic heterocycles. The number of hydrogen-bond donors (Lipinski definition) is 1. The molecule has 4 heteroatoms. The van der Waals surface area contributed by atoms with E-state index in [-0.39, 0.29) is 24.0 Å². The zero-order valence-corrected chi connectivity index (χ0v) is 15.7. The fourth-order valence-corrected chi connectivity index (χ4v) is 3.69. The highest BCUT2D eigenvalue weighted by atomic mass is 127. The second-order valence-electron chi connectivity index (χ2n) is 4.97. The lowest BCUT2D eigenvalue weighted by Crippen LogP contribution is -3.00. The predicted octanol–water partition coefficient (Wildman–Crippen LogP) is 1.69. The van der Waals surface area contributed by atoms with Crippen molar-refractivity contribution in [1.82, 2.24) is 0 Å². The summed E-state index contributed by atoms with van der Waals surface area (Å²) < 4.78 is 3.69. The van der Waals surface area contributed by atoms with Gasteiger partial charge in [-0.05, 0) is 32.0 Å². The van der Waals surface area contributed by atoms with Crippen molar-refractivity contribution >= 4 is 33.3 Å². The Kier molecular flexibility index (Phi) is 5.97. The topological polar surface area (TPSA) is 15.9 Å². The predicted molar refractivity (Wildman–Crippen MR) is 91.4 cm³/mol. The van der Waals surface area contributed by atoms with E-state index >= 15 is 0 Å². The van der Waals surface area contributed by atoms with Gasteiger partial charge in [-0.1, -0.05) is 41.7 Å². The Morgan fingerprint density at radius 1 is 1.09 bits per heavy atom. The van der Waals surface area contributed by atoms with Crippen LogP contribution in [0.25, 0.3) is 16.3 Å². The van der Waals surface area contributed by atoms with Crippen LogP contribution in [0.5, 0.6) is 0 Å².